The number of carbonyl (C=O) groups is 3. The quantitative estimate of drug-likeness (QED) is 0.836. The van der Waals surface area contributed by atoms with Crippen molar-refractivity contribution in [3.63, 3.8) is 0 Å². The van der Waals surface area contributed by atoms with E-state index in [-0.39, 0.29) is 10.2 Å². The van der Waals surface area contributed by atoms with Gasteiger partial charge in [0.1, 0.15) is 5.25 Å². The zero-order valence-electron chi connectivity index (χ0n) is 10.7. The number of hydrogen-bond acceptors (Lipinski definition) is 4. The highest BCUT2D eigenvalue weighted by Gasteiger charge is 2.20. The normalized spacial score (nSPS) is 10.9. The number of carbonyl (C=O) groups excluding carboxylic acids is 2. The van der Waals surface area contributed by atoms with Gasteiger partial charge in [-0.25, -0.2) is 0 Å². The lowest BCUT2D eigenvalue weighted by atomic mass is 10.1. The third-order valence-electron chi connectivity index (χ3n) is 1.85. The molecular formula is C13H16O4S2. The fourth-order valence-electron chi connectivity index (χ4n) is 1.21. The fraction of sp³-hybridized carbons (Fsp3) is 0.308. The molecule has 0 aliphatic carbocycles. The first-order valence-electron chi connectivity index (χ1n) is 5.46. The number of rotatable bonds is 4. The predicted molar refractivity (Wildman–Crippen MR) is 79.5 cm³/mol. The van der Waals surface area contributed by atoms with Crippen LogP contribution < -0.4 is 0 Å². The van der Waals surface area contributed by atoms with E-state index >= 15 is 0 Å². The molecule has 19 heavy (non-hydrogen) atoms. The van der Waals surface area contributed by atoms with Crippen molar-refractivity contribution in [3.05, 3.63) is 35.9 Å². The molecule has 0 saturated carbocycles. The number of aliphatic carboxylic acids is 1. The van der Waals surface area contributed by atoms with E-state index in [0.717, 1.165) is 17.3 Å². The summed E-state index contributed by atoms with van der Waals surface area (Å²) in [6.07, 6.45) is 0.375. The minimum Gasteiger partial charge on any atom is -0.480 e. The Kier molecular flexibility index (Phi) is 8.99. The van der Waals surface area contributed by atoms with Gasteiger partial charge in [-0.3, -0.25) is 14.4 Å². The molecule has 0 radical (unpaired) electrons. The molecule has 1 aromatic rings. The molecule has 0 aliphatic rings. The van der Waals surface area contributed by atoms with Gasteiger partial charge in [0.2, 0.25) is 0 Å². The zero-order chi connectivity index (χ0) is 14.8. The number of thioether (sulfide) groups is 1. The largest absolute Gasteiger partial charge is 0.480 e. The Morgan fingerprint density at radius 1 is 1.21 bits per heavy atom. The van der Waals surface area contributed by atoms with Crippen LogP contribution in [-0.4, -0.2) is 26.6 Å². The van der Waals surface area contributed by atoms with Gasteiger partial charge in [-0.05, 0) is 12.0 Å². The first-order chi connectivity index (χ1) is 8.82. The molecule has 1 rings (SSSR count). The minimum atomic E-state index is -0.945. The van der Waals surface area contributed by atoms with Crippen molar-refractivity contribution in [2.45, 2.75) is 25.5 Å². The van der Waals surface area contributed by atoms with E-state index < -0.39 is 11.2 Å². The second-order valence-corrected chi connectivity index (χ2v) is 5.65. The summed E-state index contributed by atoms with van der Waals surface area (Å²) >= 11 is 4.19. The Labute approximate surface area is 122 Å². The highest BCUT2D eigenvalue weighted by molar-refractivity contribution is 8.14. The maximum Gasteiger partial charge on any atom is 0.317 e. The maximum atomic E-state index is 10.9. The summed E-state index contributed by atoms with van der Waals surface area (Å²) in [5.74, 6) is -0.945. The van der Waals surface area contributed by atoms with E-state index in [0.29, 0.717) is 6.42 Å². The number of hydrogen-bond donors (Lipinski definition) is 2. The van der Waals surface area contributed by atoms with E-state index in [1.807, 2.05) is 30.3 Å². The lowest BCUT2D eigenvalue weighted by Crippen LogP contribution is -2.20. The van der Waals surface area contributed by atoms with Gasteiger partial charge >= 0.3 is 5.97 Å². The van der Waals surface area contributed by atoms with Crippen LogP contribution in [0.1, 0.15) is 19.4 Å². The Balaban J connectivity index is 0.000000711. The van der Waals surface area contributed by atoms with E-state index in [2.05, 4.69) is 12.6 Å². The van der Waals surface area contributed by atoms with Crippen molar-refractivity contribution in [3.8, 4) is 0 Å². The average molecular weight is 300 g/mol. The van der Waals surface area contributed by atoms with Gasteiger partial charge < -0.3 is 5.11 Å². The first-order valence-corrected chi connectivity index (χ1v) is 6.79. The molecule has 0 spiro atoms. The Morgan fingerprint density at radius 3 is 2.05 bits per heavy atom. The topological polar surface area (TPSA) is 71.4 Å². The van der Waals surface area contributed by atoms with Crippen LogP contribution in [0.5, 0.6) is 0 Å². The van der Waals surface area contributed by atoms with Crippen LogP contribution in [0.3, 0.4) is 0 Å². The van der Waals surface area contributed by atoms with Crippen LogP contribution in [0.25, 0.3) is 0 Å². The molecule has 0 saturated heterocycles. The van der Waals surface area contributed by atoms with Gasteiger partial charge in [0.05, 0.1) is 0 Å². The van der Waals surface area contributed by atoms with Gasteiger partial charge in [-0.1, -0.05) is 42.1 Å². The maximum absolute atomic E-state index is 10.9. The zero-order valence-corrected chi connectivity index (χ0v) is 12.4. The number of carboxylic acid groups (broad SMARTS) is 1. The summed E-state index contributed by atoms with van der Waals surface area (Å²) in [4.78, 5) is 31.0. The Morgan fingerprint density at radius 2 is 1.68 bits per heavy atom. The monoisotopic (exact) mass is 300 g/mol. The molecule has 4 nitrogen and oxygen atoms in total. The molecule has 1 aromatic carbocycles. The third-order valence-corrected chi connectivity index (χ3v) is 2.83. The second-order valence-electron chi connectivity index (χ2n) is 3.65. The van der Waals surface area contributed by atoms with Crippen molar-refractivity contribution < 1.29 is 19.5 Å². The molecule has 104 valence electrons. The smallest absolute Gasteiger partial charge is 0.317 e. The van der Waals surface area contributed by atoms with Crippen molar-refractivity contribution in [2.75, 3.05) is 0 Å². The third kappa shape index (κ3) is 10.3. The van der Waals surface area contributed by atoms with Crippen molar-refractivity contribution >= 4 is 40.6 Å². The predicted octanol–water partition coefficient (Wildman–Crippen LogP) is 2.42. The lowest BCUT2D eigenvalue weighted by Gasteiger charge is -2.09. The molecular weight excluding hydrogens is 284 g/mol. The van der Waals surface area contributed by atoms with Gasteiger partial charge in [0.25, 0.3) is 0 Å². The summed E-state index contributed by atoms with van der Waals surface area (Å²) in [6.45, 7) is 2.77. The molecule has 6 heteroatoms. The molecule has 0 fully saturated rings. The van der Waals surface area contributed by atoms with Crippen molar-refractivity contribution in [1.29, 1.82) is 0 Å². The summed E-state index contributed by atoms with van der Waals surface area (Å²) in [7, 11) is 0. The van der Waals surface area contributed by atoms with Crippen LogP contribution in [0.4, 0.5) is 0 Å². The van der Waals surface area contributed by atoms with Crippen LogP contribution >= 0.6 is 24.4 Å². The fourth-order valence-corrected chi connectivity index (χ4v) is 1.99. The van der Waals surface area contributed by atoms with Gasteiger partial charge in [-0.2, -0.15) is 0 Å². The van der Waals surface area contributed by atoms with E-state index in [9.17, 15) is 14.4 Å². The summed E-state index contributed by atoms with van der Waals surface area (Å²) < 4.78 is 0. The molecule has 1 N–H and O–H groups in total. The van der Waals surface area contributed by atoms with Gasteiger partial charge in [0, 0.05) is 13.8 Å². The van der Waals surface area contributed by atoms with E-state index in [1.54, 1.807) is 0 Å². The molecule has 1 atom stereocenters. The van der Waals surface area contributed by atoms with Crippen LogP contribution in [-0.2, 0) is 20.8 Å². The second kappa shape index (κ2) is 9.63. The molecule has 0 unspecified atom stereocenters. The number of carboxylic acids is 1. The van der Waals surface area contributed by atoms with Crippen LogP contribution in [0.2, 0.25) is 0 Å². The molecule has 0 amide bonds. The summed E-state index contributed by atoms with van der Waals surface area (Å²) in [5, 5.41) is 7.91. The minimum absolute atomic E-state index is 0.139. The summed E-state index contributed by atoms with van der Waals surface area (Å²) in [6, 6.07) is 9.30. The number of benzene rings is 1. The van der Waals surface area contributed by atoms with E-state index in [1.165, 1.54) is 13.8 Å². The molecule has 0 aliphatic heterocycles. The standard InChI is InChI=1S/C11H12O3S.C2H4OS/c1-8(12)15-10(11(13)14)7-9-5-3-2-4-6-9;1-2(3)4/h2-6,10H,7H2,1H3,(H,13,14);1H3,(H,3,4)/t10-;/m0./s1. The summed E-state index contributed by atoms with van der Waals surface area (Å²) in [5.41, 5.74) is 0.929. The molecule has 0 bridgehead atoms. The van der Waals surface area contributed by atoms with Crippen molar-refractivity contribution in [1.82, 2.24) is 0 Å². The van der Waals surface area contributed by atoms with Crippen LogP contribution in [0, 0.1) is 0 Å². The number of thiol groups is 1. The Bertz CT molecular complexity index is 428. The molecule has 0 heterocycles. The van der Waals surface area contributed by atoms with Gasteiger partial charge in [-0.15, -0.1) is 12.6 Å². The van der Waals surface area contributed by atoms with Crippen LogP contribution in [0.15, 0.2) is 30.3 Å². The van der Waals surface area contributed by atoms with Crippen molar-refractivity contribution in [2.24, 2.45) is 0 Å². The highest BCUT2D eigenvalue weighted by atomic mass is 32.2. The average Bonchev–Trinajstić information content (AvgIpc) is 2.28. The molecule has 0 aromatic heterocycles. The Hall–Kier alpha value is -1.27. The lowest BCUT2D eigenvalue weighted by molar-refractivity contribution is -0.136. The SMILES string of the molecule is CC(=O)S.CC(=O)S[C@@H](Cc1ccccc1)C(=O)O. The first kappa shape index (κ1) is 17.7. The van der Waals surface area contributed by atoms with Gasteiger partial charge in [0.15, 0.2) is 10.2 Å². The highest BCUT2D eigenvalue weighted by Crippen LogP contribution is 2.17. The van der Waals surface area contributed by atoms with E-state index in [4.69, 9.17) is 5.11 Å².